The minimum absolute atomic E-state index is 0.151. The molecular formula is C19H22N6O3S. The van der Waals surface area contributed by atoms with E-state index >= 15 is 0 Å². The average Bonchev–Trinajstić information content (AvgIpc) is 3.42. The second-order valence-corrected chi connectivity index (χ2v) is 7.96. The zero-order valence-corrected chi connectivity index (χ0v) is 17.1. The highest BCUT2D eigenvalue weighted by atomic mass is 32.2. The van der Waals surface area contributed by atoms with Crippen molar-refractivity contribution in [2.45, 2.75) is 12.3 Å². The highest BCUT2D eigenvalue weighted by Crippen LogP contribution is 2.33. The summed E-state index contributed by atoms with van der Waals surface area (Å²) in [6, 6.07) is 5.54. The van der Waals surface area contributed by atoms with Gasteiger partial charge in [-0.1, -0.05) is 6.58 Å². The molecule has 2 atom stereocenters. The second kappa shape index (κ2) is 8.18. The van der Waals surface area contributed by atoms with E-state index in [2.05, 4.69) is 22.0 Å². The van der Waals surface area contributed by atoms with Gasteiger partial charge in [0.1, 0.15) is 17.3 Å². The maximum atomic E-state index is 12.0. The normalized spacial score (nSPS) is 17.9. The van der Waals surface area contributed by atoms with Crippen LogP contribution in [0, 0.1) is 0 Å². The number of benzene rings is 1. The van der Waals surface area contributed by atoms with Gasteiger partial charge in [-0.2, -0.15) is 5.10 Å². The third kappa shape index (κ3) is 3.81. The number of hydrogen-bond donors (Lipinski definition) is 1. The molecule has 0 aliphatic carbocycles. The first-order valence-electron chi connectivity index (χ1n) is 9.10. The standard InChI is InChI=1S/C19H22N6O3S/c1-4-29(26)24-8-7-13(10-24)15-11-25-19(20-12-21-25)18(23-15)22-14-5-6-16(27-2)17(9-14)28-3/h4-6,9,11-13H,1,7-8,10H2,2-3H3,(H,22,23). The van der Waals surface area contributed by atoms with E-state index in [4.69, 9.17) is 14.5 Å². The van der Waals surface area contributed by atoms with Crippen LogP contribution in [0.2, 0.25) is 0 Å². The van der Waals surface area contributed by atoms with Gasteiger partial charge in [-0.25, -0.2) is 23.0 Å². The van der Waals surface area contributed by atoms with E-state index < -0.39 is 11.0 Å². The molecule has 0 radical (unpaired) electrons. The van der Waals surface area contributed by atoms with Crippen molar-refractivity contribution in [3.8, 4) is 11.5 Å². The minimum atomic E-state index is -1.17. The number of fused-ring (bicyclic) bond motifs is 1. The summed E-state index contributed by atoms with van der Waals surface area (Å²) < 4.78 is 26.3. The Bertz CT molecular complexity index is 1070. The molecule has 3 aromatic rings. The lowest BCUT2D eigenvalue weighted by molar-refractivity contribution is 0.355. The van der Waals surface area contributed by atoms with Crippen LogP contribution in [-0.2, 0) is 11.0 Å². The molecule has 10 heteroatoms. The fourth-order valence-electron chi connectivity index (χ4n) is 3.42. The molecule has 3 heterocycles. The van der Waals surface area contributed by atoms with Crippen LogP contribution in [0.1, 0.15) is 18.0 Å². The predicted octanol–water partition coefficient (Wildman–Crippen LogP) is 2.48. The van der Waals surface area contributed by atoms with Gasteiger partial charge in [-0.3, -0.25) is 0 Å². The zero-order chi connectivity index (χ0) is 20.4. The topological polar surface area (TPSA) is 93.9 Å². The van der Waals surface area contributed by atoms with Crippen molar-refractivity contribution in [1.29, 1.82) is 0 Å². The van der Waals surface area contributed by atoms with Crippen molar-refractivity contribution >= 4 is 28.1 Å². The van der Waals surface area contributed by atoms with Crippen molar-refractivity contribution in [3.63, 3.8) is 0 Å². The molecule has 4 rings (SSSR count). The smallest absolute Gasteiger partial charge is 0.198 e. The number of anilines is 2. The molecule has 1 aliphatic rings. The van der Waals surface area contributed by atoms with E-state index in [9.17, 15) is 4.21 Å². The van der Waals surface area contributed by atoms with Crippen LogP contribution in [0.3, 0.4) is 0 Å². The van der Waals surface area contributed by atoms with E-state index in [1.54, 1.807) is 18.7 Å². The number of aromatic nitrogens is 4. The van der Waals surface area contributed by atoms with Gasteiger partial charge in [0.05, 0.1) is 26.1 Å². The van der Waals surface area contributed by atoms with E-state index in [1.807, 2.05) is 28.7 Å². The molecule has 29 heavy (non-hydrogen) atoms. The summed E-state index contributed by atoms with van der Waals surface area (Å²) in [5.41, 5.74) is 2.28. The molecule has 9 nitrogen and oxygen atoms in total. The van der Waals surface area contributed by atoms with Crippen LogP contribution >= 0.6 is 0 Å². The summed E-state index contributed by atoms with van der Waals surface area (Å²) in [4.78, 5) is 9.12. The van der Waals surface area contributed by atoms with E-state index in [1.165, 1.54) is 11.7 Å². The Balaban J connectivity index is 1.66. The van der Waals surface area contributed by atoms with Crippen LogP contribution in [0.4, 0.5) is 11.5 Å². The van der Waals surface area contributed by atoms with Gasteiger partial charge in [0.15, 0.2) is 23.0 Å². The average molecular weight is 414 g/mol. The van der Waals surface area contributed by atoms with E-state index in [0.29, 0.717) is 29.5 Å². The van der Waals surface area contributed by atoms with Gasteiger partial charge in [0.25, 0.3) is 0 Å². The van der Waals surface area contributed by atoms with Crippen molar-refractivity contribution in [2.24, 2.45) is 0 Å². The summed E-state index contributed by atoms with van der Waals surface area (Å²) in [5, 5.41) is 9.04. The number of nitrogens with zero attached hydrogens (tertiary/aromatic N) is 5. The van der Waals surface area contributed by atoms with E-state index in [-0.39, 0.29) is 5.92 Å². The summed E-state index contributed by atoms with van der Waals surface area (Å²) >= 11 is 0. The monoisotopic (exact) mass is 414 g/mol. The first-order chi connectivity index (χ1) is 14.1. The third-order valence-corrected chi connectivity index (χ3v) is 6.02. The maximum Gasteiger partial charge on any atom is 0.198 e. The van der Waals surface area contributed by atoms with Crippen LogP contribution in [0.5, 0.6) is 11.5 Å². The fourth-order valence-corrected chi connectivity index (χ4v) is 4.24. The molecule has 0 bridgehead atoms. The molecule has 1 saturated heterocycles. The molecule has 1 aliphatic heterocycles. The molecule has 0 saturated carbocycles. The lowest BCUT2D eigenvalue weighted by Gasteiger charge is -2.15. The molecule has 2 unspecified atom stereocenters. The minimum Gasteiger partial charge on any atom is -0.493 e. The number of rotatable bonds is 7. The molecule has 1 fully saturated rings. The Labute approximate surface area is 171 Å². The Morgan fingerprint density at radius 2 is 2.14 bits per heavy atom. The van der Waals surface area contributed by atoms with E-state index in [0.717, 1.165) is 24.3 Å². The van der Waals surface area contributed by atoms with Gasteiger partial charge >= 0.3 is 0 Å². The summed E-state index contributed by atoms with van der Waals surface area (Å²) in [6.07, 6.45) is 4.24. The number of nitrogens with one attached hydrogen (secondary N) is 1. The SMILES string of the molecule is C=CS(=O)N1CCC(c2cn3ncnc3c(Nc3ccc(OC)c(OC)c3)n2)C1. The van der Waals surface area contributed by atoms with Gasteiger partial charge < -0.3 is 14.8 Å². The number of hydrogen-bond acceptors (Lipinski definition) is 7. The van der Waals surface area contributed by atoms with Crippen LogP contribution in [0.25, 0.3) is 5.65 Å². The highest BCUT2D eigenvalue weighted by molar-refractivity contribution is 7.85. The predicted molar refractivity (Wildman–Crippen MR) is 111 cm³/mol. The quantitative estimate of drug-likeness (QED) is 0.635. The number of methoxy groups -OCH3 is 2. The molecule has 1 aromatic carbocycles. The molecule has 2 aromatic heterocycles. The van der Waals surface area contributed by atoms with Crippen LogP contribution < -0.4 is 14.8 Å². The Morgan fingerprint density at radius 1 is 1.31 bits per heavy atom. The largest absolute Gasteiger partial charge is 0.493 e. The lowest BCUT2D eigenvalue weighted by Crippen LogP contribution is -2.21. The Morgan fingerprint density at radius 3 is 2.90 bits per heavy atom. The van der Waals surface area contributed by atoms with Crippen LogP contribution in [-0.4, -0.2) is 55.4 Å². The molecule has 152 valence electrons. The Kier molecular flexibility index (Phi) is 5.45. The maximum absolute atomic E-state index is 12.0. The van der Waals surface area contributed by atoms with Gasteiger partial charge in [-0.05, 0) is 18.6 Å². The first-order valence-corrected chi connectivity index (χ1v) is 10.3. The summed E-state index contributed by atoms with van der Waals surface area (Å²) in [5.74, 6) is 2.01. The summed E-state index contributed by atoms with van der Waals surface area (Å²) in [7, 11) is 2.02. The number of ether oxygens (including phenoxy) is 2. The van der Waals surface area contributed by atoms with Gasteiger partial charge in [0, 0.05) is 36.2 Å². The van der Waals surface area contributed by atoms with Crippen molar-refractivity contribution in [3.05, 3.63) is 48.4 Å². The van der Waals surface area contributed by atoms with Crippen molar-refractivity contribution in [2.75, 3.05) is 32.6 Å². The van der Waals surface area contributed by atoms with Gasteiger partial charge in [0.2, 0.25) is 0 Å². The Hall–Kier alpha value is -2.98. The second-order valence-electron chi connectivity index (χ2n) is 6.55. The zero-order valence-electron chi connectivity index (χ0n) is 16.2. The lowest BCUT2D eigenvalue weighted by atomic mass is 10.1. The molecular weight excluding hydrogens is 392 g/mol. The first kappa shape index (κ1) is 19.3. The van der Waals surface area contributed by atoms with Crippen molar-refractivity contribution in [1.82, 2.24) is 23.9 Å². The summed E-state index contributed by atoms with van der Waals surface area (Å²) in [6.45, 7) is 5.00. The molecule has 0 amide bonds. The molecule has 1 N–H and O–H groups in total. The van der Waals surface area contributed by atoms with Crippen molar-refractivity contribution < 1.29 is 13.7 Å². The third-order valence-electron chi connectivity index (χ3n) is 4.89. The highest BCUT2D eigenvalue weighted by Gasteiger charge is 2.28. The fraction of sp³-hybridized carbons (Fsp3) is 0.316. The van der Waals surface area contributed by atoms with Gasteiger partial charge in [-0.15, -0.1) is 0 Å². The van der Waals surface area contributed by atoms with Crippen LogP contribution in [0.15, 0.2) is 42.7 Å². The molecule has 0 spiro atoms.